The molecule has 0 bridgehead atoms. The van der Waals surface area contributed by atoms with Crippen molar-refractivity contribution in [2.75, 3.05) is 0 Å². The summed E-state index contributed by atoms with van der Waals surface area (Å²) in [6.45, 7) is 0.108. The van der Waals surface area contributed by atoms with Gasteiger partial charge in [0.2, 0.25) is 0 Å². The molecule has 0 saturated carbocycles. The van der Waals surface area contributed by atoms with Gasteiger partial charge in [-0.25, -0.2) is 9.36 Å². The molecule has 0 aromatic heterocycles. The molecule has 6 nitrogen and oxygen atoms in total. The van der Waals surface area contributed by atoms with Crippen LogP contribution in [-0.4, -0.2) is 11.1 Å². The van der Waals surface area contributed by atoms with Gasteiger partial charge < -0.3 is 5.11 Å². The summed E-state index contributed by atoms with van der Waals surface area (Å²) >= 11 is 0. The van der Waals surface area contributed by atoms with Gasteiger partial charge in [-0.3, -0.25) is 13.6 Å². The second-order valence-electron chi connectivity index (χ2n) is 6.24. The summed E-state index contributed by atoms with van der Waals surface area (Å²) in [4.78, 5) is 11.0. The maximum atomic E-state index is 13.1. The first-order valence-corrected chi connectivity index (χ1v) is 10.4. The van der Waals surface area contributed by atoms with Crippen LogP contribution in [0.1, 0.15) is 27.0 Å². The van der Waals surface area contributed by atoms with E-state index in [0.717, 1.165) is 11.1 Å². The lowest BCUT2D eigenvalue weighted by Crippen LogP contribution is -2.02. The molecule has 0 unspecified atom stereocenters. The van der Waals surface area contributed by atoms with Crippen molar-refractivity contribution in [1.82, 2.24) is 0 Å². The maximum Gasteiger partial charge on any atom is 0.475 e. The van der Waals surface area contributed by atoms with Crippen LogP contribution < -0.4 is 0 Å². The SMILES string of the molecule is O=C(O)c1ccc(COP(=O)(OCc2ccccc2)OCc2ccccc2)cc1. The fraction of sp³-hybridized carbons (Fsp3) is 0.136. The van der Waals surface area contributed by atoms with Crippen LogP contribution >= 0.6 is 7.82 Å². The average Bonchev–Trinajstić information content (AvgIpc) is 2.77. The van der Waals surface area contributed by atoms with Crippen molar-refractivity contribution < 1.29 is 28.0 Å². The predicted molar refractivity (Wildman–Crippen MR) is 108 cm³/mol. The third-order valence-corrected chi connectivity index (χ3v) is 5.39. The molecule has 0 saturated heterocycles. The van der Waals surface area contributed by atoms with Crippen molar-refractivity contribution in [3.63, 3.8) is 0 Å². The molecule has 0 atom stereocenters. The van der Waals surface area contributed by atoms with E-state index in [2.05, 4.69) is 0 Å². The third kappa shape index (κ3) is 6.66. The minimum Gasteiger partial charge on any atom is -0.478 e. The Morgan fingerprint density at radius 3 is 1.41 bits per heavy atom. The van der Waals surface area contributed by atoms with Crippen molar-refractivity contribution in [3.05, 3.63) is 107 Å². The zero-order valence-electron chi connectivity index (χ0n) is 15.6. The van der Waals surface area contributed by atoms with Crippen LogP contribution in [0.3, 0.4) is 0 Å². The number of hydrogen-bond acceptors (Lipinski definition) is 5. The number of carboxylic acid groups (broad SMARTS) is 1. The van der Waals surface area contributed by atoms with Gasteiger partial charge in [0.1, 0.15) is 0 Å². The van der Waals surface area contributed by atoms with Gasteiger partial charge in [-0.05, 0) is 28.8 Å². The first-order chi connectivity index (χ1) is 14.0. The number of phosphoric ester groups is 1. The topological polar surface area (TPSA) is 82.1 Å². The second kappa shape index (κ2) is 10.1. The summed E-state index contributed by atoms with van der Waals surface area (Å²) in [6, 6.07) is 24.7. The zero-order chi connectivity index (χ0) is 20.5. The van der Waals surface area contributed by atoms with E-state index in [4.69, 9.17) is 18.7 Å². The van der Waals surface area contributed by atoms with Gasteiger partial charge in [0, 0.05) is 0 Å². The molecule has 0 radical (unpaired) electrons. The van der Waals surface area contributed by atoms with Crippen molar-refractivity contribution in [3.8, 4) is 0 Å². The number of hydrogen-bond donors (Lipinski definition) is 1. The summed E-state index contributed by atoms with van der Waals surface area (Å²) in [5.41, 5.74) is 2.50. The quantitative estimate of drug-likeness (QED) is 0.447. The minimum absolute atomic E-state index is 0.0409. The molecule has 3 rings (SSSR count). The molecule has 3 aromatic rings. The van der Waals surface area contributed by atoms with Gasteiger partial charge in [0.05, 0.1) is 25.4 Å². The van der Waals surface area contributed by atoms with E-state index in [0.29, 0.717) is 5.56 Å². The molecule has 0 aliphatic carbocycles. The first kappa shape index (κ1) is 21.0. The summed E-state index contributed by atoms with van der Waals surface area (Å²) < 4.78 is 29.7. The Labute approximate surface area is 169 Å². The maximum absolute atomic E-state index is 13.1. The largest absolute Gasteiger partial charge is 0.478 e. The van der Waals surface area contributed by atoms with E-state index in [1.807, 2.05) is 60.7 Å². The van der Waals surface area contributed by atoms with E-state index < -0.39 is 13.8 Å². The highest BCUT2D eigenvalue weighted by molar-refractivity contribution is 7.48. The molecular formula is C22H21O6P. The lowest BCUT2D eigenvalue weighted by molar-refractivity contribution is 0.0696. The molecule has 1 N–H and O–H groups in total. The Bertz CT molecular complexity index is 910. The van der Waals surface area contributed by atoms with E-state index in [-0.39, 0.29) is 25.4 Å². The van der Waals surface area contributed by atoms with E-state index in [1.165, 1.54) is 12.1 Å². The van der Waals surface area contributed by atoms with Gasteiger partial charge >= 0.3 is 13.8 Å². The zero-order valence-corrected chi connectivity index (χ0v) is 16.5. The number of benzene rings is 3. The number of carboxylic acids is 1. The highest BCUT2D eigenvalue weighted by Crippen LogP contribution is 2.51. The molecule has 0 amide bonds. The van der Waals surface area contributed by atoms with Crippen molar-refractivity contribution >= 4 is 13.8 Å². The Kier molecular flexibility index (Phi) is 7.33. The predicted octanol–water partition coefficient (Wildman–Crippen LogP) is 5.44. The molecule has 0 aliphatic rings. The molecule has 0 heterocycles. The van der Waals surface area contributed by atoms with E-state index >= 15 is 0 Å². The first-order valence-electron chi connectivity index (χ1n) is 8.98. The molecular weight excluding hydrogens is 391 g/mol. The number of carbonyl (C=O) groups is 1. The number of phosphoric acid groups is 1. The fourth-order valence-electron chi connectivity index (χ4n) is 2.46. The van der Waals surface area contributed by atoms with Gasteiger partial charge in [-0.15, -0.1) is 0 Å². The van der Waals surface area contributed by atoms with Crippen molar-refractivity contribution in [1.29, 1.82) is 0 Å². The van der Waals surface area contributed by atoms with Crippen LogP contribution in [0.4, 0.5) is 0 Å². The molecule has 0 aliphatic heterocycles. The average molecular weight is 412 g/mol. The van der Waals surface area contributed by atoms with Gasteiger partial charge in [-0.1, -0.05) is 72.8 Å². The lowest BCUT2D eigenvalue weighted by Gasteiger charge is -2.18. The lowest BCUT2D eigenvalue weighted by atomic mass is 10.1. The van der Waals surface area contributed by atoms with Gasteiger partial charge in [0.25, 0.3) is 0 Å². The normalized spacial score (nSPS) is 11.3. The van der Waals surface area contributed by atoms with Crippen LogP contribution in [-0.2, 0) is 38.0 Å². The summed E-state index contributed by atoms with van der Waals surface area (Å²) in [7, 11) is -3.86. The Balaban J connectivity index is 1.66. The molecule has 3 aromatic carbocycles. The summed E-state index contributed by atoms with van der Waals surface area (Å²) in [6.07, 6.45) is 0. The number of aromatic carboxylic acids is 1. The van der Waals surface area contributed by atoms with Gasteiger partial charge in [-0.2, -0.15) is 0 Å². The van der Waals surface area contributed by atoms with Crippen LogP contribution in [0.15, 0.2) is 84.9 Å². The van der Waals surface area contributed by atoms with Crippen molar-refractivity contribution in [2.45, 2.75) is 19.8 Å². The van der Waals surface area contributed by atoms with E-state index in [9.17, 15) is 9.36 Å². The number of rotatable bonds is 10. The smallest absolute Gasteiger partial charge is 0.475 e. The molecule has 7 heteroatoms. The monoisotopic (exact) mass is 412 g/mol. The third-order valence-electron chi connectivity index (χ3n) is 4.05. The molecule has 29 heavy (non-hydrogen) atoms. The van der Waals surface area contributed by atoms with E-state index in [1.54, 1.807) is 12.1 Å². The second-order valence-corrected chi connectivity index (χ2v) is 7.91. The van der Waals surface area contributed by atoms with Gasteiger partial charge in [0.15, 0.2) is 0 Å². The molecule has 150 valence electrons. The summed E-state index contributed by atoms with van der Waals surface area (Å²) in [5.74, 6) is -1.01. The van der Waals surface area contributed by atoms with Crippen LogP contribution in [0.25, 0.3) is 0 Å². The molecule has 0 fully saturated rings. The highest BCUT2D eigenvalue weighted by atomic mass is 31.2. The standard InChI is InChI=1S/C22H21O6P/c23-22(24)21-13-11-20(12-14-21)17-28-29(25,26-15-18-7-3-1-4-8-18)27-16-19-9-5-2-6-10-19/h1-14H,15-17H2,(H,23,24). The van der Waals surface area contributed by atoms with Crippen LogP contribution in [0.5, 0.6) is 0 Å². The molecule has 0 spiro atoms. The Morgan fingerprint density at radius 2 is 1.03 bits per heavy atom. The summed E-state index contributed by atoms with van der Waals surface area (Å²) in [5, 5.41) is 8.98. The Hall–Kier alpha value is -2.76. The highest BCUT2D eigenvalue weighted by Gasteiger charge is 2.27. The fourth-order valence-corrected chi connectivity index (χ4v) is 3.61. The van der Waals surface area contributed by atoms with Crippen LogP contribution in [0, 0.1) is 0 Å². The minimum atomic E-state index is -3.86. The van der Waals surface area contributed by atoms with Crippen molar-refractivity contribution in [2.24, 2.45) is 0 Å². The Morgan fingerprint density at radius 1 is 0.655 bits per heavy atom. The van der Waals surface area contributed by atoms with Crippen LogP contribution in [0.2, 0.25) is 0 Å².